The summed E-state index contributed by atoms with van der Waals surface area (Å²) >= 11 is 0. The number of hydrogen-bond donors (Lipinski definition) is 2. The van der Waals surface area contributed by atoms with Crippen molar-refractivity contribution in [3.8, 4) is 34.6 Å². The summed E-state index contributed by atoms with van der Waals surface area (Å²) in [5.41, 5.74) is -0.857. The summed E-state index contributed by atoms with van der Waals surface area (Å²) in [6.07, 6.45) is 1.20. The highest BCUT2D eigenvalue weighted by Gasteiger charge is 2.18. The third-order valence-corrected chi connectivity index (χ3v) is 4.65. The molecular formula is C22H23N3O7. The van der Waals surface area contributed by atoms with Crippen LogP contribution in [0.1, 0.15) is 11.1 Å². The van der Waals surface area contributed by atoms with Gasteiger partial charge in [-0.3, -0.25) is 14.8 Å². The second-order valence-electron chi connectivity index (χ2n) is 6.56. The Morgan fingerprint density at radius 3 is 2.19 bits per heavy atom. The first-order chi connectivity index (χ1) is 15.4. The van der Waals surface area contributed by atoms with E-state index in [1.54, 1.807) is 30.3 Å². The Morgan fingerprint density at radius 2 is 1.59 bits per heavy atom. The quantitative estimate of drug-likeness (QED) is 0.512. The molecule has 2 N–H and O–H groups in total. The molecule has 32 heavy (non-hydrogen) atoms. The third kappa shape index (κ3) is 4.59. The Hall–Kier alpha value is -4.21. The Labute approximate surface area is 183 Å². The van der Waals surface area contributed by atoms with Crippen LogP contribution in [-0.4, -0.2) is 49.3 Å². The van der Waals surface area contributed by atoms with Gasteiger partial charge in [-0.1, -0.05) is 0 Å². The molecule has 10 nitrogen and oxygen atoms in total. The van der Waals surface area contributed by atoms with Crippen LogP contribution in [0.25, 0.3) is 5.69 Å². The van der Waals surface area contributed by atoms with Gasteiger partial charge in [0.25, 0.3) is 5.56 Å². The lowest BCUT2D eigenvalue weighted by molar-refractivity contribution is 0.393. The normalized spacial score (nSPS) is 10.9. The number of aromatic nitrogens is 2. The number of ether oxygens (including phenoxy) is 4. The molecular weight excluding hydrogens is 418 g/mol. The molecule has 0 saturated heterocycles. The third-order valence-electron chi connectivity index (χ3n) is 4.65. The van der Waals surface area contributed by atoms with Crippen LogP contribution in [0.5, 0.6) is 28.9 Å². The summed E-state index contributed by atoms with van der Waals surface area (Å²) in [6.45, 7) is 0.175. The number of H-pyrrole nitrogens is 1. The minimum Gasteiger partial charge on any atom is -0.497 e. The highest BCUT2D eigenvalue weighted by molar-refractivity contribution is 5.82. The van der Waals surface area contributed by atoms with Gasteiger partial charge in [0.2, 0.25) is 5.88 Å². The van der Waals surface area contributed by atoms with Gasteiger partial charge in [0.05, 0.1) is 40.7 Å². The first-order valence-electron chi connectivity index (χ1n) is 9.44. The topological polar surface area (TPSA) is 124 Å². The van der Waals surface area contributed by atoms with Gasteiger partial charge in [-0.05, 0) is 29.8 Å². The van der Waals surface area contributed by atoms with E-state index in [1.165, 1.54) is 40.7 Å². The average Bonchev–Trinajstić information content (AvgIpc) is 2.80. The lowest BCUT2D eigenvalue weighted by Gasteiger charge is -2.14. The number of nitrogens with zero attached hydrogens (tertiary/aromatic N) is 2. The van der Waals surface area contributed by atoms with E-state index in [9.17, 15) is 14.7 Å². The Kier molecular flexibility index (Phi) is 6.83. The van der Waals surface area contributed by atoms with Gasteiger partial charge in [-0.2, -0.15) is 0 Å². The molecule has 0 aliphatic rings. The van der Waals surface area contributed by atoms with E-state index >= 15 is 0 Å². The predicted molar refractivity (Wildman–Crippen MR) is 118 cm³/mol. The molecule has 10 heteroatoms. The molecule has 0 unspecified atom stereocenters. The molecule has 0 fully saturated rings. The molecule has 1 aromatic heterocycles. The van der Waals surface area contributed by atoms with Crippen LogP contribution >= 0.6 is 0 Å². The number of nitrogens with one attached hydrogen (secondary N) is 1. The molecule has 0 bridgehead atoms. The van der Waals surface area contributed by atoms with Gasteiger partial charge in [0.15, 0.2) is 0 Å². The fourth-order valence-corrected chi connectivity index (χ4v) is 3.05. The van der Waals surface area contributed by atoms with Crippen LogP contribution in [0.15, 0.2) is 51.0 Å². The standard InChI is InChI=1S/C22H23N3O7/c1-29-14-5-6-19(32-4)18(10-14)25-21(27)17(20(26)24-22(25)28)12-23-11-13-7-15(30-2)9-16(8-13)31-3/h5-10,12,27H,11H2,1-4H3,(H,24,26,28). The number of aromatic hydroxyl groups is 1. The molecule has 168 valence electrons. The minimum atomic E-state index is -0.839. The molecule has 0 radical (unpaired) electrons. The highest BCUT2D eigenvalue weighted by Crippen LogP contribution is 2.29. The maximum atomic E-state index is 12.5. The van der Waals surface area contributed by atoms with E-state index in [2.05, 4.69) is 9.98 Å². The fraction of sp³-hybridized carbons (Fsp3) is 0.227. The van der Waals surface area contributed by atoms with Crippen LogP contribution in [0.2, 0.25) is 0 Å². The number of benzene rings is 2. The van der Waals surface area contributed by atoms with Crippen LogP contribution < -0.4 is 30.2 Å². The molecule has 0 aliphatic heterocycles. The van der Waals surface area contributed by atoms with Gasteiger partial charge in [0.1, 0.15) is 28.6 Å². The number of methoxy groups -OCH3 is 4. The molecule has 0 saturated carbocycles. The van der Waals surface area contributed by atoms with Crippen LogP contribution in [-0.2, 0) is 6.54 Å². The smallest absolute Gasteiger partial charge is 0.335 e. The lowest BCUT2D eigenvalue weighted by atomic mass is 10.2. The zero-order valence-electron chi connectivity index (χ0n) is 18.0. The van der Waals surface area contributed by atoms with Crippen molar-refractivity contribution in [2.75, 3.05) is 28.4 Å². The molecule has 3 rings (SSSR count). The second kappa shape index (κ2) is 9.73. The van der Waals surface area contributed by atoms with Crippen molar-refractivity contribution in [2.24, 2.45) is 4.99 Å². The lowest BCUT2D eigenvalue weighted by Crippen LogP contribution is -2.31. The summed E-state index contributed by atoms with van der Waals surface area (Å²) < 4.78 is 21.9. The monoisotopic (exact) mass is 441 g/mol. The first-order valence-corrected chi connectivity index (χ1v) is 9.44. The fourth-order valence-electron chi connectivity index (χ4n) is 3.05. The van der Waals surface area contributed by atoms with Crippen molar-refractivity contribution >= 4 is 6.21 Å². The molecule has 0 amide bonds. The van der Waals surface area contributed by atoms with Crippen molar-refractivity contribution in [3.05, 3.63) is 68.4 Å². The zero-order valence-corrected chi connectivity index (χ0v) is 18.0. The average molecular weight is 441 g/mol. The summed E-state index contributed by atoms with van der Waals surface area (Å²) in [7, 11) is 5.96. The van der Waals surface area contributed by atoms with E-state index in [0.717, 1.165) is 10.1 Å². The van der Waals surface area contributed by atoms with Crippen molar-refractivity contribution in [2.45, 2.75) is 6.54 Å². The maximum Gasteiger partial charge on any atom is 0.335 e. The van der Waals surface area contributed by atoms with Gasteiger partial charge in [0, 0.05) is 18.3 Å². The molecule has 3 aromatic rings. The molecule has 2 aromatic carbocycles. The Morgan fingerprint density at radius 1 is 0.938 bits per heavy atom. The van der Waals surface area contributed by atoms with Gasteiger partial charge >= 0.3 is 5.69 Å². The SMILES string of the molecule is COc1cc(CN=Cc2c(O)n(-c3cc(OC)ccc3OC)c(=O)[nH]c2=O)cc(OC)c1. The van der Waals surface area contributed by atoms with E-state index in [1.807, 2.05) is 0 Å². The van der Waals surface area contributed by atoms with Crippen molar-refractivity contribution in [1.29, 1.82) is 0 Å². The maximum absolute atomic E-state index is 12.5. The first kappa shape index (κ1) is 22.5. The van der Waals surface area contributed by atoms with E-state index < -0.39 is 17.1 Å². The van der Waals surface area contributed by atoms with Gasteiger partial charge < -0.3 is 24.1 Å². The van der Waals surface area contributed by atoms with Crippen molar-refractivity contribution < 1.29 is 24.1 Å². The van der Waals surface area contributed by atoms with E-state index in [-0.39, 0.29) is 17.8 Å². The minimum absolute atomic E-state index is 0.175. The highest BCUT2D eigenvalue weighted by atomic mass is 16.5. The van der Waals surface area contributed by atoms with Gasteiger partial charge in [-0.25, -0.2) is 9.36 Å². The summed E-state index contributed by atoms with van der Waals surface area (Å²) in [6, 6.07) is 9.98. The van der Waals surface area contributed by atoms with Crippen LogP contribution in [0.4, 0.5) is 0 Å². The predicted octanol–water partition coefficient (Wildman–Crippen LogP) is 1.88. The van der Waals surface area contributed by atoms with Crippen molar-refractivity contribution in [3.63, 3.8) is 0 Å². The number of aliphatic imine (C=N–C) groups is 1. The zero-order chi connectivity index (χ0) is 23.3. The van der Waals surface area contributed by atoms with E-state index in [4.69, 9.17) is 18.9 Å². The van der Waals surface area contributed by atoms with Crippen LogP contribution in [0.3, 0.4) is 0 Å². The molecule has 1 heterocycles. The van der Waals surface area contributed by atoms with Crippen molar-refractivity contribution in [1.82, 2.24) is 9.55 Å². The van der Waals surface area contributed by atoms with Crippen LogP contribution in [0, 0.1) is 0 Å². The Bertz CT molecular complexity index is 1240. The summed E-state index contributed by atoms with van der Waals surface area (Å²) in [5.74, 6) is 1.32. The Balaban J connectivity index is 2.03. The summed E-state index contributed by atoms with van der Waals surface area (Å²) in [4.78, 5) is 31.3. The van der Waals surface area contributed by atoms with E-state index in [0.29, 0.717) is 23.0 Å². The second-order valence-corrected chi connectivity index (χ2v) is 6.56. The largest absolute Gasteiger partial charge is 0.497 e. The number of hydrogen-bond acceptors (Lipinski definition) is 8. The van der Waals surface area contributed by atoms with Gasteiger partial charge in [-0.15, -0.1) is 0 Å². The molecule has 0 atom stereocenters. The molecule has 0 aliphatic carbocycles. The number of aromatic amines is 1. The number of rotatable bonds is 8. The molecule has 0 spiro atoms. The summed E-state index contributed by atoms with van der Waals surface area (Å²) in [5, 5.41) is 10.8.